The summed E-state index contributed by atoms with van der Waals surface area (Å²) in [6.07, 6.45) is 2.13. The molecule has 44 heavy (non-hydrogen) atoms. The zero-order valence-electron chi connectivity index (χ0n) is 26.0. The first-order valence-electron chi connectivity index (χ1n) is 14.7. The van der Waals surface area contributed by atoms with Crippen LogP contribution in [0, 0.1) is 0 Å². The van der Waals surface area contributed by atoms with Crippen molar-refractivity contribution in [2.75, 3.05) is 66.9 Å². The smallest absolute Gasteiger partial charge is 0.261 e. The molecule has 12 nitrogen and oxygen atoms in total. The van der Waals surface area contributed by atoms with Crippen LogP contribution in [0.25, 0.3) is 0 Å². The Balaban J connectivity index is 0.000000246. The van der Waals surface area contributed by atoms with Crippen molar-refractivity contribution in [2.24, 2.45) is 5.73 Å². The highest BCUT2D eigenvalue weighted by molar-refractivity contribution is 6.22. The third-order valence-electron chi connectivity index (χ3n) is 6.99. The van der Waals surface area contributed by atoms with Gasteiger partial charge in [0.25, 0.3) is 23.6 Å². The summed E-state index contributed by atoms with van der Waals surface area (Å²) in [6, 6.07) is 13.5. The van der Waals surface area contributed by atoms with E-state index in [-0.39, 0.29) is 55.5 Å². The van der Waals surface area contributed by atoms with Gasteiger partial charge in [0, 0.05) is 20.8 Å². The van der Waals surface area contributed by atoms with Crippen molar-refractivity contribution in [3.05, 3.63) is 70.8 Å². The predicted octanol–water partition coefficient (Wildman–Crippen LogP) is 2.39. The summed E-state index contributed by atoms with van der Waals surface area (Å²) in [5.41, 5.74) is 7.02. The minimum atomic E-state index is -0.320. The zero-order chi connectivity index (χ0) is 32.5. The van der Waals surface area contributed by atoms with Gasteiger partial charge in [-0.2, -0.15) is 0 Å². The average molecular weight is 616 g/mol. The van der Waals surface area contributed by atoms with E-state index in [4.69, 9.17) is 29.8 Å². The van der Waals surface area contributed by atoms with E-state index in [9.17, 15) is 19.2 Å². The molecule has 2 aromatic carbocycles. The molecular weight excluding hydrogens is 570 g/mol. The Bertz CT molecular complexity index is 1140. The molecule has 2 aliphatic rings. The van der Waals surface area contributed by atoms with Crippen molar-refractivity contribution < 1.29 is 43.2 Å². The fraction of sp³-hybridized carbons (Fsp3) is 0.500. The second-order valence-electron chi connectivity index (χ2n) is 9.81. The van der Waals surface area contributed by atoms with Crippen LogP contribution in [0.4, 0.5) is 0 Å². The van der Waals surface area contributed by atoms with Crippen LogP contribution in [-0.4, -0.2) is 118 Å². The normalized spacial score (nSPS) is 14.9. The average Bonchev–Trinajstić information content (AvgIpc) is 3.44. The van der Waals surface area contributed by atoms with E-state index in [1.807, 2.05) is 6.92 Å². The first kappa shape index (κ1) is 36.7. The first-order valence-corrected chi connectivity index (χ1v) is 14.7. The van der Waals surface area contributed by atoms with Crippen molar-refractivity contribution in [1.29, 1.82) is 0 Å². The minimum absolute atomic E-state index is 0.0529. The molecule has 2 atom stereocenters. The standard InChI is InChI=1S/C15H19NO4.C10H9NO3.C7H17NO2/c1-3-11(19-2)10-20-9-8-16-14(17)12-6-4-5-7-13(12)15(16)18;12-6-5-11-9(13)7-3-1-2-4-8(7)10(11)14;1-3-7(9-2)6-10-5-4-8/h4-7,11H,3,8-10H2,1-2H3;1-4,12H,5-6H2;7H,3-6,8H2,1-2H3. The number of ether oxygens (including phenoxy) is 4. The van der Waals surface area contributed by atoms with Gasteiger partial charge in [0.1, 0.15) is 0 Å². The molecule has 0 saturated heterocycles. The van der Waals surface area contributed by atoms with Crippen LogP contribution in [-0.2, 0) is 18.9 Å². The van der Waals surface area contributed by atoms with Gasteiger partial charge in [-0.05, 0) is 37.1 Å². The number of β-amino-alcohol motifs (C(OH)–C–C–N with tert-alkyl or cyclic N) is 1. The Morgan fingerprint density at radius 3 is 1.34 bits per heavy atom. The second-order valence-corrected chi connectivity index (χ2v) is 9.81. The van der Waals surface area contributed by atoms with Gasteiger partial charge in [-0.25, -0.2) is 0 Å². The number of methoxy groups -OCH3 is 2. The highest BCUT2D eigenvalue weighted by Gasteiger charge is 2.35. The van der Waals surface area contributed by atoms with Crippen molar-refractivity contribution in [2.45, 2.75) is 38.9 Å². The number of carbonyl (C=O) groups is 4. The summed E-state index contributed by atoms with van der Waals surface area (Å²) in [7, 11) is 3.33. The molecule has 0 spiro atoms. The van der Waals surface area contributed by atoms with Crippen LogP contribution in [0.15, 0.2) is 48.5 Å². The SMILES string of the molecule is CCC(COCCN)OC.CCC(COCCN1C(=O)c2ccccc2C1=O)OC.O=C1c2ccccc2C(=O)N1CCO. The molecule has 0 aliphatic carbocycles. The molecule has 4 rings (SSSR count). The van der Waals surface area contributed by atoms with Gasteiger partial charge in [-0.15, -0.1) is 0 Å². The van der Waals surface area contributed by atoms with Crippen LogP contribution < -0.4 is 5.73 Å². The number of hydrogen-bond acceptors (Lipinski definition) is 10. The fourth-order valence-electron chi connectivity index (χ4n) is 4.36. The lowest BCUT2D eigenvalue weighted by Crippen LogP contribution is -2.33. The monoisotopic (exact) mass is 615 g/mol. The van der Waals surface area contributed by atoms with Crippen LogP contribution >= 0.6 is 0 Å². The van der Waals surface area contributed by atoms with Crippen molar-refractivity contribution in [1.82, 2.24) is 9.80 Å². The number of imide groups is 2. The molecule has 0 aromatic heterocycles. The summed E-state index contributed by atoms with van der Waals surface area (Å²) in [5.74, 6) is -1.12. The van der Waals surface area contributed by atoms with E-state index in [1.54, 1.807) is 62.8 Å². The largest absolute Gasteiger partial charge is 0.395 e. The predicted molar refractivity (Wildman–Crippen MR) is 164 cm³/mol. The summed E-state index contributed by atoms with van der Waals surface area (Å²) in [5, 5.41) is 8.70. The molecule has 242 valence electrons. The van der Waals surface area contributed by atoms with Gasteiger partial charge < -0.3 is 29.8 Å². The van der Waals surface area contributed by atoms with E-state index < -0.39 is 0 Å². The Morgan fingerprint density at radius 1 is 0.659 bits per heavy atom. The van der Waals surface area contributed by atoms with E-state index in [0.29, 0.717) is 55.2 Å². The number of benzene rings is 2. The van der Waals surface area contributed by atoms with E-state index in [2.05, 4.69) is 6.92 Å². The first-order chi connectivity index (χ1) is 21.3. The van der Waals surface area contributed by atoms with E-state index in [1.165, 1.54) is 4.90 Å². The van der Waals surface area contributed by atoms with Gasteiger partial charge >= 0.3 is 0 Å². The molecule has 0 fully saturated rings. The number of nitrogens with two attached hydrogens (primary N) is 1. The highest BCUT2D eigenvalue weighted by atomic mass is 16.5. The van der Waals surface area contributed by atoms with Gasteiger partial charge in [0.15, 0.2) is 0 Å². The summed E-state index contributed by atoms with van der Waals surface area (Å²) in [6.45, 7) is 6.87. The molecule has 2 aliphatic heterocycles. The third kappa shape index (κ3) is 10.0. The highest BCUT2D eigenvalue weighted by Crippen LogP contribution is 2.22. The van der Waals surface area contributed by atoms with Crippen molar-refractivity contribution in [3.8, 4) is 0 Å². The summed E-state index contributed by atoms with van der Waals surface area (Å²) >= 11 is 0. The minimum Gasteiger partial charge on any atom is -0.395 e. The van der Waals surface area contributed by atoms with Crippen LogP contribution in [0.5, 0.6) is 0 Å². The van der Waals surface area contributed by atoms with Gasteiger partial charge in [0.2, 0.25) is 0 Å². The number of aliphatic hydroxyl groups excluding tert-OH is 1. The number of rotatable bonds is 15. The zero-order valence-corrected chi connectivity index (χ0v) is 26.0. The number of amides is 4. The molecule has 3 N–H and O–H groups in total. The molecule has 0 radical (unpaired) electrons. The Morgan fingerprint density at radius 2 is 1.02 bits per heavy atom. The maximum Gasteiger partial charge on any atom is 0.261 e. The van der Waals surface area contributed by atoms with Crippen LogP contribution in [0.1, 0.15) is 68.1 Å². The third-order valence-corrected chi connectivity index (χ3v) is 6.99. The van der Waals surface area contributed by atoms with E-state index in [0.717, 1.165) is 17.7 Å². The molecule has 0 saturated carbocycles. The van der Waals surface area contributed by atoms with Crippen LogP contribution in [0.3, 0.4) is 0 Å². The number of carbonyl (C=O) groups excluding carboxylic acids is 4. The molecule has 4 amide bonds. The van der Waals surface area contributed by atoms with Gasteiger partial charge in [0.05, 0.1) is 80.6 Å². The molecule has 2 aromatic rings. The molecule has 12 heteroatoms. The molecular formula is C32H45N3O9. The Hall–Kier alpha value is -3.52. The summed E-state index contributed by atoms with van der Waals surface area (Å²) < 4.78 is 20.9. The maximum absolute atomic E-state index is 12.1. The van der Waals surface area contributed by atoms with Gasteiger partial charge in [-0.1, -0.05) is 38.1 Å². The van der Waals surface area contributed by atoms with Crippen molar-refractivity contribution >= 4 is 23.6 Å². The molecule has 2 unspecified atom stereocenters. The lowest BCUT2D eigenvalue weighted by Gasteiger charge is -2.16. The number of nitrogens with zero attached hydrogens (tertiary/aromatic N) is 2. The van der Waals surface area contributed by atoms with Crippen LogP contribution in [0.2, 0.25) is 0 Å². The van der Waals surface area contributed by atoms with Crippen molar-refractivity contribution in [3.63, 3.8) is 0 Å². The lowest BCUT2D eigenvalue weighted by molar-refractivity contribution is 0.00241. The Kier molecular flexibility index (Phi) is 16.4. The molecule has 0 bridgehead atoms. The lowest BCUT2D eigenvalue weighted by atomic mass is 10.1. The fourth-order valence-corrected chi connectivity index (χ4v) is 4.36. The second kappa shape index (κ2) is 19.7. The topological polar surface area (TPSA) is 158 Å². The summed E-state index contributed by atoms with van der Waals surface area (Å²) in [4.78, 5) is 49.6. The number of fused-ring (bicyclic) bond motifs is 2. The molecule has 2 heterocycles. The van der Waals surface area contributed by atoms with Gasteiger partial charge in [-0.3, -0.25) is 29.0 Å². The number of aliphatic hydroxyl groups is 1. The van der Waals surface area contributed by atoms with E-state index >= 15 is 0 Å². The Labute approximate surface area is 259 Å². The quantitative estimate of drug-likeness (QED) is 0.225. The number of hydrogen-bond donors (Lipinski definition) is 2. The maximum atomic E-state index is 12.1.